The third-order valence-corrected chi connectivity index (χ3v) is 8.02. The number of carbonyl (C=O) groups excluding carboxylic acids is 2. The van der Waals surface area contributed by atoms with E-state index >= 15 is 0 Å². The second-order valence-electron chi connectivity index (χ2n) is 11.2. The first-order valence-corrected chi connectivity index (χ1v) is 14.1. The van der Waals surface area contributed by atoms with Gasteiger partial charge in [0.1, 0.15) is 23.8 Å². The van der Waals surface area contributed by atoms with Crippen molar-refractivity contribution in [1.29, 1.82) is 0 Å². The summed E-state index contributed by atoms with van der Waals surface area (Å²) in [5.41, 5.74) is -0.121. The molecule has 2 saturated heterocycles. The standard InChI is InChI=1S/C28H35FN2O6S/c1-27(2,3)37-26(33)31-23-17-38(34)16-20(24(23)36-28(31,4)5)13-19-11-12-22(21(29)14-19)30-25(32)35-15-18-9-7-6-8-10-18/h6-12,14,20,23-24H,13,15-17H2,1-5H3,(H,30,32)/t20-,23+,24+,38-/m1/s1. The highest BCUT2D eigenvalue weighted by molar-refractivity contribution is 7.85. The summed E-state index contributed by atoms with van der Waals surface area (Å²) in [6, 6.07) is 13.3. The zero-order valence-corrected chi connectivity index (χ0v) is 23.2. The predicted molar refractivity (Wildman–Crippen MR) is 143 cm³/mol. The van der Waals surface area contributed by atoms with Gasteiger partial charge in [0, 0.05) is 28.2 Å². The van der Waals surface area contributed by atoms with Crippen LogP contribution in [-0.2, 0) is 38.0 Å². The summed E-state index contributed by atoms with van der Waals surface area (Å²) in [6.07, 6.45) is -1.23. The number of amides is 2. The summed E-state index contributed by atoms with van der Waals surface area (Å²) in [4.78, 5) is 26.7. The lowest BCUT2D eigenvalue weighted by Gasteiger charge is -2.37. The molecule has 2 aromatic carbocycles. The maximum atomic E-state index is 14.9. The smallest absolute Gasteiger partial charge is 0.412 e. The fourth-order valence-electron chi connectivity index (χ4n) is 4.99. The van der Waals surface area contributed by atoms with Crippen molar-refractivity contribution in [2.24, 2.45) is 5.92 Å². The number of ether oxygens (including phenoxy) is 3. The minimum Gasteiger partial charge on any atom is -0.444 e. The minimum atomic E-state index is -1.18. The van der Waals surface area contributed by atoms with Crippen molar-refractivity contribution >= 4 is 28.7 Å². The van der Waals surface area contributed by atoms with E-state index in [4.69, 9.17) is 14.2 Å². The molecular weight excluding hydrogens is 511 g/mol. The number of halogens is 1. The Kier molecular flexibility index (Phi) is 8.13. The Balaban J connectivity index is 1.43. The molecule has 206 valence electrons. The quantitative estimate of drug-likeness (QED) is 0.552. The van der Waals surface area contributed by atoms with Crippen molar-refractivity contribution in [1.82, 2.24) is 4.90 Å². The number of nitrogens with one attached hydrogen (secondary N) is 1. The van der Waals surface area contributed by atoms with Crippen molar-refractivity contribution in [2.75, 3.05) is 16.8 Å². The van der Waals surface area contributed by atoms with E-state index in [0.717, 1.165) is 5.56 Å². The van der Waals surface area contributed by atoms with Gasteiger partial charge in [-0.1, -0.05) is 36.4 Å². The summed E-state index contributed by atoms with van der Waals surface area (Å²) in [6.45, 7) is 9.06. The van der Waals surface area contributed by atoms with Crippen molar-refractivity contribution in [3.8, 4) is 0 Å². The lowest BCUT2D eigenvalue weighted by atomic mass is 9.91. The summed E-state index contributed by atoms with van der Waals surface area (Å²) in [5.74, 6) is -0.120. The number of rotatable bonds is 5. The van der Waals surface area contributed by atoms with Crippen LogP contribution in [0.5, 0.6) is 0 Å². The third kappa shape index (κ3) is 6.71. The van der Waals surface area contributed by atoms with Crippen LogP contribution < -0.4 is 5.32 Å². The Morgan fingerprint density at radius 2 is 1.84 bits per heavy atom. The second kappa shape index (κ2) is 11.0. The van der Waals surface area contributed by atoms with Crippen LogP contribution in [0.2, 0.25) is 0 Å². The number of nitrogens with zero attached hydrogens (tertiary/aromatic N) is 1. The molecule has 0 bridgehead atoms. The van der Waals surface area contributed by atoms with E-state index < -0.39 is 46.2 Å². The van der Waals surface area contributed by atoms with E-state index in [0.29, 0.717) is 23.5 Å². The number of benzene rings is 2. The van der Waals surface area contributed by atoms with Crippen LogP contribution in [0, 0.1) is 11.7 Å². The van der Waals surface area contributed by atoms with Gasteiger partial charge in [0.2, 0.25) is 0 Å². The van der Waals surface area contributed by atoms with E-state index in [2.05, 4.69) is 5.32 Å². The van der Waals surface area contributed by atoms with Gasteiger partial charge >= 0.3 is 12.2 Å². The van der Waals surface area contributed by atoms with Gasteiger partial charge in [-0.3, -0.25) is 14.4 Å². The van der Waals surface area contributed by atoms with Gasteiger partial charge in [0.25, 0.3) is 0 Å². The molecule has 38 heavy (non-hydrogen) atoms. The molecule has 2 fully saturated rings. The Hall–Kier alpha value is -2.98. The van der Waals surface area contributed by atoms with Gasteiger partial charge in [-0.2, -0.15) is 0 Å². The topological polar surface area (TPSA) is 94.2 Å². The molecule has 0 spiro atoms. The molecular formula is C28H35FN2O6S. The van der Waals surface area contributed by atoms with Gasteiger partial charge in [-0.15, -0.1) is 0 Å². The Labute approximate surface area is 225 Å². The van der Waals surface area contributed by atoms with Crippen LogP contribution in [0.1, 0.15) is 45.7 Å². The number of carbonyl (C=O) groups is 2. The number of hydrogen-bond acceptors (Lipinski definition) is 6. The highest BCUT2D eigenvalue weighted by Crippen LogP contribution is 2.40. The van der Waals surface area contributed by atoms with Crippen LogP contribution in [0.15, 0.2) is 48.5 Å². The maximum Gasteiger partial charge on any atom is 0.412 e. The van der Waals surface area contributed by atoms with E-state index in [1.54, 1.807) is 45.6 Å². The van der Waals surface area contributed by atoms with Crippen molar-refractivity contribution in [3.05, 3.63) is 65.5 Å². The summed E-state index contributed by atoms with van der Waals surface area (Å²) >= 11 is 0. The van der Waals surface area contributed by atoms with Crippen LogP contribution in [0.3, 0.4) is 0 Å². The molecule has 8 nitrogen and oxygen atoms in total. The first kappa shape index (κ1) is 28.0. The van der Waals surface area contributed by atoms with Crippen molar-refractivity contribution in [2.45, 2.75) is 71.1 Å². The summed E-state index contributed by atoms with van der Waals surface area (Å²) in [7, 11) is -1.18. The van der Waals surface area contributed by atoms with Crippen LogP contribution in [-0.4, -0.2) is 56.3 Å². The molecule has 2 aliphatic heterocycles. The normalized spacial score (nSPS) is 24.4. The Morgan fingerprint density at radius 3 is 2.50 bits per heavy atom. The number of hydrogen-bond donors (Lipinski definition) is 1. The molecule has 2 amide bonds. The molecule has 2 aliphatic rings. The monoisotopic (exact) mass is 546 g/mol. The first-order chi connectivity index (χ1) is 17.8. The van der Waals surface area contributed by atoms with E-state index in [1.165, 1.54) is 12.1 Å². The van der Waals surface area contributed by atoms with Crippen LogP contribution in [0.25, 0.3) is 0 Å². The van der Waals surface area contributed by atoms with Gasteiger partial charge in [-0.05, 0) is 64.3 Å². The number of fused-ring (bicyclic) bond motifs is 1. The van der Waals surface area contributed by atoms with E-state index in [-0.39, 0.29) is 24.3 Å². The summed E-state index contributed by atoms with van der Waals surface area (Å²) < 4.78 is 44.8. The molecule has 2 aromatic rings. The molecule has 0 unspecified atom stereocenters. The molecule has 0 aromatic heterocycles. The minimum absolute atomic E-state index is 0.00580. The Morgan fingerprint density at radius 1 is 1.13 bits per heavy atom. The molecule has 0 radical (unpaired) electrons. The molecule has 4 atom stereocenters. The fraction of sp³-hybridized carbons (Fsp3) is 0.500. The highest BCUT2D eigenvalue weighted by atomic mass is 32.2. The SMILES string of the molecule is CC(C)(C)OC(=O)N1[C@H]2C[S@](=O)C[C@@H](Cc3ccc(NC(=O)OCc4ccccc4)c(F)c3)[C@@H]2OC1(C)C. The molecule has 1 N–H and O–H groups in total. The van der Waals surface area contributed by atoms with E-state index in [1.807, 2.05) is 30.3 Å². The van der Waals surface area contributed by atoms with Gasteiger partial charge in [0.05, 0.1) is 17.8 Å². The molecule has 0 saturated carbocycles. The zero-order chi connectivity index (χ0) is 27.7. The molecule has 4 rings (SSSR count). The third-order valence-electron chi connectivity index (χ3n) is 6.51. The van der Waals surface area contributed by atoms with Gasteiger partial charge < -0.3 is 14.2 Å². The largest absolute Gasteiger partial charge is 0.444 e. The van der Waals surface area contributed by atoms with Crippen LogP contribution in [0.4, 0.5) is 19.7 Å². The Bertz CT molecular complexity index is 1200. The van der Waals surface area contributed by atoms with Crippen molar-refractivity contribution in [3.63, 3.8) is 0 Å². The molecule has 0 aliphatic carbocycles. The average Bonchev–Trinajstić information content (AvgIpc) is 3.09. The van der Waals surface area contributed by atoms with Crippen molar-refractivity contribution < 1.29 is 32.4 Å². The maximum absolute atomic E-state index is 14.9. The lowest BCUT2D eigenvalue weighted by Crippen LogP contribution is -2.54. The lowest BCUT2D eigenvalue weighted by molar-refractivity contribution is -0.0871. The van der Waals surface area contributed by atoms with Crippen LogP contribution >= 0.6 is 0 Å². The van der Waals surface area contributed by atoms with Gasteiger partial charge in [-0.25, -0.2) is 14.0 Å². The highest BCUT2D eigenvalue weighted by Gasteiger charge is 2.55. The second-order valence-corrected chi connectivity index (χ2v) is 12.7. The summed E-state index contributed by atoms with van der Waals surface area (Å²) in [5, 5.41) is 2.44. The fourth-order valence-corrected chi connectivity index (χ4v) is 6.63. The predicted octanol–water partition coefficient (Wildman–Crippen LogP) is 5.24. The number of anilines is 1. The molecule has 2 heterocycles. The van der Waals surface area contributed by atoms with E-state index in [9.17, 15) is 18.2 Å². The zero-order valence-electron chi connectivity index (χ0n) is 22.4. The molecule has 10 heteroatoms. The average molecular weight is 547 g/mol. The first-order valence-electron chi connectivity index (χ1n) is 12.6. The van der Waals surface area contributed by atoms with Gasteiger partial charge in [0.15, 0.2) is 0 Å².